The smallest absolute Gasteiger partial charge is 0.339 e. The van der Waals surface area contributed by atoms with E-state index < -0.39 is 41.3 Å². The fourth-order valence-corrected chi connectivity index (χ4v) is 7.62. The molecular formula is C29H39NO10. The highest BCUT2D eigenvalue weighted by Gasteiger charge is 2.70. The fourth-order valence-electron chi connectivity index (χ4n) is 7.62. The summed E-state index contributed by atoms with van der Waals surface area (Å²) in [6.07, 6.45) is 0.696. The van der Waals surface area contributed by atoms with Crippen molar-refractivity contribution in [2.24, 2.45) is 0 Å². The topological polar surface area (TPSA) is 133 Å². The number of rotatable bonds is 8. The van der Waals surface area contributed by atoms with Gasteiger partial charge in [-0.05, 0) is 69.3 Å². The van der Waals surface area contributed by atoms with E-state index in [1.807, 2.05) is 12.1 Å². The van der Waals surface area contributed by atoms with Crippen molar-refractivity contribution in [3.63, 3.8) is 0 Å². The molecule has 3 fully saturated rings. The van der Waals surface area contributed by atoms with Crippen molar-refractivity contribution in [2.75, 3.05) is 40.7 Å². The average Bonchev–Trinajstić information content (AvgIpc) is 3.58. The van der Waals surface area contributed by atoms with Crippen molar-refractivity contribution < 1.29 is 48.2 Å². The standard InChI is InChI=1S/C29H39NO10/c1-26(2,33)7-8-28(34,12-22(31)35-3)25(32)40-24-23-18-11-20-19(38-16-39-20)10-17(18)21-13-30-9-5-6-27(23,30)14-29(24,36-4)15-37-21/h10-11,21,23-24,33-34H,5-9,12-16H2,1-4H3/t21-,23+,24?,27-,28?,29?/m0/s1. The number of methoxy groups -OCH3 is 2. The lowest BCUT2D eigenvalue weighted by Gasteiger charge is -2.41. The average molecular weight is 562 g/mol. The molecule has 7 rings (SSSR count). The van der Waals surface area contributed by atoms with Gasteiger partial charge in [0.15, 0.2) is 17.1 Å². The number of hydrogen-bond donors (Lipinski definition) is 2. The zero-order valence-electron chi connectivity index (χ0n) is 23.6. The Kier molecular flexibility index (Phi) is 6.62. The highest BCUT2D eigenvalue weighted by molar-refractivity contribution is 5.86. The Hall–Kier alpha value is -2.44. The Morgan fingerprint density at radius 3 is 2.52 bits per heavy atom. The molecule has 40 heavy (non-hydrogen) atoms. The minimum Gasteiger partial charge on any atom is -0.469 e. The van der Waals surface area contributed by atoms with Crippen LogP contribution in [-0.2, 0) is 28.5 Å². The minimum absolute atomic E-state index is 0.0634. The van der Waals surface area contributed by atoms with Gasteiger partial charge < -0.3 is 38.6 Å². The molecule has 1 spiro atoms. The third-order valence-corrected chi connectivity index (χ3v) is 9.68. The van der Waals surface area contributed by atoms with E-state index in [4.69, 9.17) is 28.4 Å². The molecule has 1 aromatic rings. The second-order valence-corrected chi connectivity index (χ2v) is 12.6. The Balaban J connectivity index is 1.44. The van der Waals surface area contributed by atoms with Crippen LogP contribution in [0.4, 0.5) is 0 Å². The maximum absolute atomic E-state index is 14.0. The predicted molar refractivity (Wildman–Crippen MR) is 139 cm³/mol. The van der Waals surface area contributed by atoms with E-state index in [9.17, 15) is 19.8 Å². The lowest BCUT2D eigenvalue weighted by atomic mass is 9.78. The second-order valence-electron chi connectivity index (χ2n) is 12.6. The van der Waals surface area contributed by atoms with E-state index in [0.717, 1.165) is 30.5 Å². The van der Waals surface area contributed by atoms with Crippen LogP contribution in [0.3, 0.4) is 0 Å². The van der Waals surface area contributed by atoms with Gasteiger partial charge in [-0.2, -0.15) is 0 Å². The molecule has 11 heteroatoms. The SMILES string of the molecule is COC(=O)CC(O)(CCC(C)(C)O)C(=O)OC1[C@H]2c3cc4c(cc3[C@@H]3CN5CCC[C@]25CC1(OC)CO3)OCO4. The third-order valence-electron chi connectivity index (χ3n) is 9.68. The van der Waals surface area contributed by atoms with Gasteiger partial charge in [0.05, 0.1) is 31.8 Å². The van der Waals surface area contributed by atoms with Gasteiger partial charge in [0, 0.05) is 31.5 Å². The summed E-state index contributed by atoms with van der Waals surface area (Å²) in [7, 11) is 2.80. The molecule has 1 aliphatic carbocycles. The van der Waals surface area contributed by atoms with Gasteiger partial charge in [-0.3, -0.25) is 9.69 Å². The van der Waals surface area contributed by atoms with Crippen LogP contribution >= 0.6 is 0 Å². The highest BCUT2D eigenvalue weighted by atomic mass is 16.7. The van der Waals surface area contributed by atoms with Gasteiger partial charge in [0.1, 0.15) is 11.7 Å². The van der Waals surface area contributed by atoms with Gasteiger partial charge in [0.2, 0.25) is 6.79 Å². The van der Waals surface area contributed by atoms with Crippen LogP contribution in [-0.4, -0.2) is 96.2 Å². The summed E-state index contributed by atoms with van der Waals surface area (Å²) in [4.78, 5) is 28.7. The van der Waals surface area contributed by atoms with Crippen molar-refractivity contribution in [1.82, 2.24) is 4.90 Å². The number of carbonyl (C=O) groups is 2. The summed E-state index contributed by atoms with van der Waals surface area (Å²) in [6.45, 7) is 5.07. The quantitative estimate of drug-likeness (QED) is 0.451. The summed E-state index contributed by atoms with van der Waals surface area (Å²) < 4.78 is 35.3. The maximum Gasteiger partial charge on any atom is 0.339 e. The minimum atomic E-state index is -2.20. The summed E-state index contributed by atoms with van der Waals surface area (Å²) in [5, 5.41) is 21.9. The molecule has 6 atom stereocenters. The zero-order chi connectivity index (χ0) is 28.5. The summed E-state index contributed by atoms with van der Waals surface area (Å²) >= 11 is 0. The van der Waals surface area contributed by atoms with E-state index >= 15 is 0 Å². The van der Waals surface area contributed by atoms with Gasteiger partial charge >= 0.3 is 11.9 Å². The second kappa shape index (κ2) is 9.55. The number of benzene rings is 1. The molecule has 0 radical (unpaired) electrons. The number of fused-ring (bicyclic) bond motifs is 2. The normalized spacial score (nSPS) is 33.5. The molecule has 11 nitrogen and oxygen atoms in total. The van der Waals surface area contributed by atoms with Crippen LogP contribution in [0.2, 0.25) is 0 Å². The van der Waals surface area contributed by atoms with Gasteiger partial charge in [0.25, 0.3) is 0 Å². The first-order valence-corrected chi connectivity index (χ1v) is 14.0. The molecule has 6 aliphatic rings. The van der Waals surface area contributed by atoms with E-state index in [-0.39, 0.29) is 43.8 Å². The highest BCUT2D eigenvalue weighted by Crippen LogP contribution is 2.63. The molecule has 4 bridgehead atoms. The molecule has 1 aromatic carbocycles. The van der Waals surface area contributed by atoms with Crippen LogP contribution in [0.25, 0.3) is 0 Å². The van der Waals surface area contributed by atoms with Crippen LogP contribution in [0, 0.1) is 0 Å². The zero-order valence-corrected chi connectivity index (χ0v) is 23.6. The lowest BCUT2D eigenvalue weighted by molar-refractivity contribution is -0.200. The van der Waals surface area contributed by atoms with Crippen molar-refractivity contribution in [1.29, 1.82) is 0 Å². The molecule has 220 valence electrons. The fraction of sp³-hybridized carbons (Fsp3) is 0.724. The van der Waals surface area contributed by atoms with E-state index in [0.29, 0.717) is 24.5 Å². The summed E-state index contributed by atoms with van der Waals surface area (Å²) in [5.74, 6) is -0.703. The molecule has 2 N–H and O–H groups in total. The van der Waals surface area contributed by atoms with Gasteiger partial charge in [-0.15, -0.1) is 0 Å². The molecule has 2 saturated heterocycles. The van der Waals surface area contributed by atoms with Crippen molar-refractivity contribution in [2.45, 2.75) is 92.8 Å². The monoisotopic (exact) mass is 561 g/mol. The summed E-state index contributed by atoms with van der Waals surface area (Å²) in [5.41, 5.74) is -2.76. The Morgan fingerprint density at radius 2 is 1.85 bits per heavy atom. The molecule has 5 heterocycles. The number of esters is 2. The van der Waals surface area contributed by atoms with E-state index in [1.165, 1.54) is 7.11 Å². The van der Waals surface area contributed by atoms with Crippen LogP contribution in [0.1, 0.15) is 75.5 Å². The third kappa shape index (κ3) is 4.28. The first kappa shape index (κ1) is 27.7. The lowest BCUT2D eigenvalue weighted by Crippen LogP contribution is -2.53. The van der Waals surface area contributed by atoms with Crippen LogP contribution in [0.15, 0.2) is 12.1 Å². The summed E-state index contributed by atoms with van der Waals surface area (Å²) in [6, 6.07) is 3.96. The van der Waals surface area contributed by atoms with Gasteiger partial charge in [-0.1, -0.05) is 0 Å². The Labute approximate surface area is 233 Å². The van der Waals surface area contributed by atoms with Crippen molar-refractivity contribution in [3.8, 4) is 11.5 Å². The molecule has 0 aromatic heterocycles. The van der Waals surface area contributed by atoms with Crippen LogP contribution in [0.5, 0.6) is 11.5 Å². The first-order valence-electron chi connectivity index (χ1n) is 14.0. The number of hydrogen-bond acceptors (Lipinski definition) is 11. The molecule has 0 amide bonds. The number of carbonyl (C=O) groups excluding carboxylic acids is 2. The molecular weight excluding hydrogens is 522 g/mol. The molecule has 1 saturated carbocycles. The molecule has 5 aliphatic heterocycles. The Morgan fingerprint density at radius 1 is 1.12 bits per heavy atom. The Bertz CT molecular complexity index is 1200. The number of ether oxygens (including phenoxy) is 6. The van der Waals surface area contributed by atoms with Crippen molar-refractivity contribution in [3.05, 3.63) is 23.3 Å². The maximum atomic E-state index is 14.0. The number of nitrogens with zero attached hydrogens (tertiary/aromatic N) is 1. The molecule has 3 unspecified atom stereocenters. The first-order chi connectivity index (χ1) is 18.9. The van der Waals surface area contributed by atoms with E-state index in [1.54, 1.807) is 21.0 Å². The largest absolute Gasteiger partial charge is 0.469 e. The predicted octanol–water partition coefficient (Wildman–Crippen LogP) is 1.96. The number of aliphatic hydroxyl groups is 2. The van der Waals surface area contributed by atoms with E-state index in [2.05, 4.69) is 4.90 Å². The van der Waals surface area contributed by atoms with Gasteiger partial charge in [-0.25, -0.2) is 4.79 Å². The van der Waals surface area contributed by atoms with Crippen molar-refractivity contribution >= 4 is 11.9 Å². The van der Waals surface area contributed by atoms with Crippen LogP contribution < -0.4 is 9.47 Å².